The second-order valence-electron chi connectivity index (χ2n) is 6.48. The van der Waals surface area contributed by atoms with Crippen LogP contribution in [-0.2, 0) is 0 Å². The standard InChI is InChI=1S/C21H17ClN6O2/c22-15-8-7-12(16-5-2-6-19(23)25-16)9-17(15)26-20-11-18(21(24)30)27-28(20)13-3-1-4-14(29)10-13/h1-11,26,29H,(H2,23,25)(H2,24,30). The second kappa shape index (κ2) is 7.76. The molecule has 0 bridgehead atoms. The van der Waals surface area contributed by atoms with Crippen molar-refractivity contribution in [3.05, 3.63) is 77.4 Å². The van der Waals surface area contributed by atoms with Gasteiger partial charge in [0.1, 0.15) is 17.4 Å². The van der Waals surface area contributed by atoms with Crippen LogP contribution < -0.4 is 16.8 Å². The molecule has 4 aromatic rings. The number of carbonyl (C=O) groups excluding carboxylic acids is 1. The van der Waals surface area contributed by atoms with Crippen molar-refractivity contribution >= 4 is 34.8 Å². The first-order valence-electron chi connectivity index (χ1n) is 8.89. The van der Waals surface area contributed by atoms with Gasteiger partial charge in [0.2, 0.25) is 0 Å². The van der Waals surface area contributed by atoms with Crippen molar-refractivity contribution < 1.29 is 9.90 Å². The average Bonchev–Trinajstić information content (AvgIpc) is 3.14. The number of nitrogens with two attached hydrogens (primary N) is 2. The Morgan fingerprint density at radius 1 is 1.07 bits per heavy atom. The smallest absolute Gasteiger partial charge is 0.269 e. The number of aromatic nitrogens is 3. The van der Waals surface area contributed by atoms with E-state index in [-0.39, 0.29) is 11.4 Å². The van der Waals surface area contributed by atoms with Crippen LogP contribution in [-0.4, -0.2) is 25.8 Å². The molecular formula is C21H17ClN6O2. The fourth-order valence-electron chi connectivity index (χ4n) is 2.94. The topological polar surface area (TPSA) is 132 Å². The highest BCUT2D eigenvalue weighted by atomic mass is 35.5. The number of nitrogens with zero attached hydrogens (tertiary/aromatic N) is 3. The summed E-state index contributed by atoms with van der Waals surface area (Å²) >= 11 is 6.39. The number of nitrogens with one attached hydrogen (secondary N) is 1. The van der Waals surface area contributed by atoms with Crippen molar-refractivity contribution in [3.8, 4) is 22.7 Å². The van der Waals surface area contributed by atoms with Crippen LogP contribution in [0.5, 0.6) is 5.75 Å². The molecule has 0 aliphatic rings. The van der Waals surface area contributed by atoms with E-state index >= 15 is 0 Å². The van der Waals surface area contributed by atoms with Crippen molar-refractivity contribution in [2.24, 2.45) is 5.73 Å². The Hall–Kier alpha value is -4.04. The number of hydrogen-bond donors (Lipinski definition) is 4. The molecule has 0 atom stereocenters. The Balaban J connectivity index is 1.77. The van der Waals surface area contributed by atoms with Gasteiger partial charge in [0.05, 0.1) is 22.1 Å². The molecule has 1 amide bonds. The minimum atomic E-state index is -0.680. The Morgan fingerprint density at radius 3 is 2.60 bits per heavy atom. The summed E-state index contributed by atoms with van der Waals surface area (Å²) in [4.78, 5) is 16.0. The zero-order valence-corrected chi connectivity index (χ0v) is 16.3. The molecule has 0 fully saturated rings. The number of benzene rings is 2. The molecule has 0 radical (unpaired) electrons. The minimum absolute atomic E-state index is 0.0577. The SMILES string of the molecule is NC(=O)c1cc(Nc2cc(-c3cccc(N)n3)ccc2Cl)n(-c2cccc(O)c2)n1. The molecule has 2 heterocycles. The molecule has 0 saturated heterocycles. The quantitative estimate of drug-likeness (QED) is 0.389. The maximum absolute atomic E-state index is 11.7. The molecule has 0 aliphatic heterocycles. The Kier molecular flexibility index (Phi) is 4.99. The van der Waals surface area contributed by atoms with E-state index in [4.69, 9.17) is 23.1 Å². The molecule has 6 N–H and O–H groups in total. The Bertz CT molecular complexity index is 1250. The number of phenolic OH excluding ortho intramolecular Hbond substituents is 1. The van der Waals surface area contributed by atoms with Gasteiger partial charge in [0, 0.05) is 17.7 Å². The molecule has 4 rings (SSSR count). The summed E-state index contributed by atoms with van der Waals surface area (Å²) in [6, 6.07) is 18.7. The van der Waals surface area contributed by atoms with Crippen LogP contribution in [0.1, 0.15) is 10.5 Å². The largest absolute Gasteiger partial charge is 0.508 e. The van der Waals surface area contributed by atoms with Crippen LogP contribution in [0.3, 0.4) is 0 Å². The van der Waals surface area contributed by atoms with E-state index in [1.807, 2.05) is 24.3 Å². The van der Waals surface area contributed by atoms with Crippen molar-refractivity contribution in [3.63, 3.8) is 0 Å². The third kappa shape index (κ3) is 3.89. The maximum atomic E-state index is 11.7. The lowest BCUT2D eigenvalue weighted by molar-refractivity contribution is 0.0995. The van der Waals surface area contributed by atoms with Crippen LogP contribution in [0.25, 0.3) is 16.9 Å². The highest BCUT2D eigenvalue weighted by Gasteiger charge is 2.15. The molecule has 8 nitrogen and oxygen atoms in total. The Labute approximate surface area is 176 Å². The minimum Gasteiger partial charge on any atom is -0.508 e. The molecule has 0 aliphatic carbocycles. The van der Waals surface area contributed by atoms with Gasteiger partial charge in [-0.05, 0) is 36.4 Å². The zero-order chi connectivity index (χ0) is 21.3. The fraction of sp³-hybridized carbons (Fsp3) is 0. The highest BCUT2D eigenvalue weighted by Crippen LogP contribution is 2.32. The number of phenols is 1. The lowest BCUT2D eigenvalue weighted by Crippen LogP contribution is -2.12. The molecule has 2 aromatic carbocycles. The summed E-state index contributed by atoms with van der Waals surface area (Å²) in [5.74, 6) is 0.224. The summed E-state index contributed by atoms with van der Waals surface area (Å²) in [5, 5.41) is 17.7. The highest BCUT2D eigenvalue weighted by molar-refractivity contribution is 6.33. The van der Waals surface area contributed by atoms with Crippen molar-refractivity contribution in [2.75, 3.05) is 11.1 Å². The maximum Gasteiger partial charge on any atom is 0.269 e. The van der Waals surface area contributed by atoms with Crippen molar-refractivity contribution in [1.82, 2.24) is 14.8 Å². The molecular weight excluding hydrogens is 404 g/mol. The Morgan fingerprint density at radius 2 is 1.87 bits per heavy atom. The first-order valence-corrected chi connectivity index (χ1v) is 9.27. The average molecular weight is 421 g/mol. The third-order valence-corrected chi connectivity index (χ3v) is 4.66. The number of carbonyl (C=O) groups is 1. The monoisotopic (exact) mass is 420 g/mol. The van der Waals surface area contributed by atoms with Gasteiger partial charge in [-0.3, -0.25) is 4.79 Å². The van der Waals surface area contributed by atoms with Crippen LogP contribution in [0.15, 0.2) is 66.7 Å². The number of anilines is 3. The fourth-order valence-corrected chi connectivity index (χ4v) is 3.11. The van der Waals surface area contributed by atoms with Gasteiger partial charge >= 0.3 is 0 Å². The summed E-state index contributed by atoms with van der Waals surface area (Å²) in [6.45, 7) is 0. The van der Waals surface area contributed by atoms with Gasteiger partial charge in [-0.15, -0.1) is 0 Å². The number of amides is 1. The molecule has 30 heavy (non-hydrogen) atoms. The number of hydrogen-bond acceptors (Lipinski definition) is 6. The van der Waals surface area contributed by atoms with Crippen LogP contribution in [0.2, 0.25) is 5.02 Å². The predicted molar refractivity (Wildman–Crippen MR) is 116 cm³/mol. The van der Waals surface area contributed by atoms with E-state index < -0.39 is 5.91 Å². The van der Waals surface area contributed by atoms with Crippen LogP contribution in [0, 0.1) is 0 Å². The van der Waals surface area contributed by atoms with Crippen molar-refractivity contribution in [1.29, 1.82) is 0 Å². The van der Waals surface area contributed by atoms with Crippen LogP contribution in [0.4, 0.5) is 17.3 Å². The van der Waals surface area contributed by atoms with E-state index in [0.717, 1.165) is 5.56 Å². The number of aromatic hydroxyl groups is 1. The van der Waals surface area contributed by atoms with Gasteiger partial charge in [0.15, 0.2) is 5.69 Å². The molecule has 150 valence electrons. The number of nitrogen functional groups attached to an aromatic ring is 1. The summed E-state index contributed by atoms with van der Waals surface area (Å²) in [6.07, 6.45) is 0. The summed E-state index contributed by atoms with van der Waals surface area (Å²) in [5.41, 5.74) is 13.8. The normalized spacial score (nSPS) is 10.7. The third-order valence-electron chi connectivity index (χ3n) is 4.33. The molecule has 2 aromatic heterocycles. The van der Waals surface area contributed by atoms with E-state index in [0.29, 0.717) is 33.7 Å². The lowest BCUT2D eigenvalue weighted by Gasteiger charge is -2.13. The van der Waals surface area contributed by atoms with E-state index in [1.54, 1.807) is 24.3 Å². The van der Waals surface area contributed by atoms with E-state index in [2.05, 4.69) is 15.4 Å². The second-order valence-corrected chi connectivity index (χ2v) is 6.89. The van der Waals surface area contributed by atoms with Crippen LogP contribution >= 0.6 is 11.6 Å². The molecule has 0 unspecified atom stereocenters. The van der Waals surface area contributed by atoms with Gasteiger partial charge in [0.25, 0.3) is 5.91 Å². The van der Waals surface area contributed by atoms with Gasteiger partial charge in [-0.1, -0.05) is 29.8 Å². The number of pyridine rings is 1. The van der Waals surface area contributed by atoms with Gasteiger partial charge < -0.3 is 21.9 Å². The first kappa shape index (κ1) is 19.3. The van der Waals surface area contributed by atoms with Gasteiger partial charge in [-0.2, -0.15) is 5.10 Å². The van der Waals surface area contributed by atoms with E-state index in [1.165, 1.54) is 22.9 Å². The summed E-state index contributed by atoms with van der Waals surface area (Å²) < 4.78 is 1.46. The summed E-state index contributed by atoms with van der Waals surface area (Å²) in [7, 11) is 0. The lowest BCUT2D eigenvalue weighted by atomic mass is 10.1. The number of primary amides is 1. The number of halogens is 1. The predicted octanol–water partition coefficient (Wildman–Crippen LogP) is 3.72. The number of rotatable bonds is 5. The zero-order valence-electron chi connectivity index (χ0n) is 15.6. The van der Waals surface area contributed by atoms with Gasteiger partial charge in [-0.25, -0.2) is 9.67 Å². The first-order chi connectivity index (χ1) is 14.4. The molecule has 0 spiro atoms. The van der Waals surface area contributed by atoms with Crippen molar-refractivity contribution in [2.45, 2.75) is 0 Å². The van der Waals surface area contributed by atoms with E-state index in [9.17, 15) is 9.90 Å². The molecule has 9 heteroatoms. The molecule has 0 saturated carbocycles.